The molecule has 8 nitrogen and oxygen atoms in total. The van der Waals surface area contributed by atoms with Crippen molar-refractivity contribution >= 4 is 21.4 Å². The Labute approximate surface area is 139 Å². The molecule has 1 aliphatic heterocycles. The number of sulfonamides is 1. The average molecular weight is 348 g/mol. The number of nitro groups is 1. The highest BCUT2D eigenvalue weighted by molar-refractivity contribution is 7.89. The molecule has 1 fully saturated rings. The Balaban J connectivity index is 1.80. The number of anilines is 1. The number of piperazine rings is 1. The molecule has 0 radical (unpaired) electrons. The number of para-hydroxylation sites is 1. The molecule has 9 heteroatoms. The van der Waals surface area contributed by atoms with E-state index in [9.17, 15) is 18.5 Å². The lowest BCUT2D eigenvalue weighted by molar-refractivity contribution is -0.387. The first kappa shape index (κ1) is 16.3. The molecule has 0 spiro atoms. The van der Waals surface area contributed by atoms with Gasteiger partial charge in [0.2, 0.25) is 10.0 Å². The van der Waals surface area contributed by atoms with Crippen molar-refractivity contribution in [2.45, 2.75) is 4.90 Å². The van der Waals surface area contributed by atoms with Crippen LogP contribution in [-0.4, -0.2) is 48.8 Å². The minimum Gasteiger partial charge on any atom is -0.369 e. The second-order valence-electron chi connectivity index (χ2n) is 5.32. The zero-order valence-electron chi connectivity index (χ0n) is 12.8. The molecular weight excluding hydrogens is 332 g/mol. The summed E-state index contributed by atoms with van der Waals surface area (Å²) in [5, 5.41) is 11.1. The van der Waals surface area contributed by atoms with E-state index in [0.717, 1.165) is 5.69 Å². The average Bonchev–Trinajstić information content (AvgIpc) is 2.62. The Morgan fingerprint density at radius 3 is 2.25 bits per heavy atom. The van der Waals surface area contributed by atoms with Crippen LogP contribution in [0.2, 0.25) is 0 Å². The van der Waals surface area contributed by atoms with Gasteiger partial charge in [0.1, 0.15) is 0 Å². The largest absolute Gasteiger partial charge is 0.369 e. The van der Waals surface area contributed by atoms with Gasteiger partial charge >= 0.3 is 0 Å². The summed E-state index contributed by atoms with van der Waals surface area (Å²) in [6, 6.07) is 9.17. The predicted molar refractivity (Wildman–Crippen MR) is 88.3 cm³/mol. The lowest BCUT2D eigenvalue weighted by atomic mass is 10.3. The van der Waals surface area contributed by atoms with Crippen molar-refractivity contribution in [3.63, 3.8) is 0 Å². The Morgan fingerprint density at radius 2 is 1.62 bits per heavy atom. The van der Waals surface area contributed by atoms with Crippen LogP contribution in [0.25, 0.3) is 0 Å². The highest BCUT2D eigenvalue weighted by atomic mass is 32.2. The van der Waals surface area contributed by atoms with Gasteiger partial charge in [-0.15, -0.1) is 0 Å². The van der Waals surface area contributed by atoms with E-state index in [1.54, 1.807) is 12.4 Å². The zero-order chi connectivity index (χ0) is 17.2. The maximum absolute atomic E-state index is 12.7. The third-order valence-corrected chi connectivity index (χ3v) is 5.89. The number of nitrogens with zero attached hydrogens (tertiary/aromatic N) is 4. The summed E-state index contributed by atoms with van der Waals surface area (Å²) in [7, 11) is -3.89. The van der Waals surface area contributed by atoms with Gasteiger partial charge in [-0.3, -0.25) is 15.1 Å². The predicted octanol–water partition coefficient (Wildman–Crippen LogP) is 1.50. The number of hydrogen-bond donors (Lipinski definition) is 0. The van der Waals surface area contributed by atoms with Gasteiger partial charge in [-0.05, 0) is 18.2 Å². The minimum absolute atomic E-state index is 0.257. The quantitative estimate of drug-likeness (QED) is 0.614. The highest BCUT2D eigenvalue weighted by Gasteiger charge is 2.33. The summed E-state index contributed by atoms with van der Waals surface area (Å²) >= 11 is 0. The third-order valence-electron chi connectivity index (χ3n) is 3.95. The molecular formula is C15H16N4O4S. The molecule has 2 heterocycles. The number of benzene rings is 1. The molecule has 1 aromatic heterocycles. The van der Waals surface area contributed by atoms with E-state index in [-0.39, 0.29) is 18.0 Å². The Hall–Kier alpha value is -2.52. The topological polar surface area (TPSA) is 96.6 Å². The van der Waals surface area contributed by atoms with Crippen molar-refractivity contribution in [3.8, 4) is 0 Å². The van der Waals surface area contributed by atoms with Crippen LogP contribution in [0.4, 0.5) is 11.4 Å². The maximum Gasteiger partial charge on any atom is 0.289 e. The SMILES string of the molecule is O=[N+]([O-])c1ccccc1S(=O)(=O)N1CCN(c2ccncc2)CC1. The molecule has 0 amide bonds. The van der Waals surface area contributed by atoms with Crippen LogP contribution in [0.15, 0.2) is 53.7 Å². The van der Waals surface area contributed by atoms with Crippen LogP contribution >= 0.6 is 0 Å². The van der Waals surface area contributed by atoms with Crippen LogP contribution in [0.3, 0.4) is 0 Å². The van der Waals surface area contributed by atoms with Crippen LogP contribution in [0, 0.1) is 10.1 Å². The second-order valence-corrected chi connectivity index (χ2v) is 7.23. The second kappa shape index (κ2) is 6.54. The van der Waals surface area contributed by atoms with Gasteiger partial charge in [-0.25, -0.2) is 8.42 Å². The Bertz CT molecular complexity index is 834. The van der Waals surface area contributed by atoms with Crippen molar-refractivity contribution < 1.29 is 13.3 Å². The fourth-order valence-corrected chi connectivity index (χ4v) is 4.29. The van der Waals surface area contributed by atoms with E-state index < -0.39 is 20.6 Å². The van der Waals surface area contributed by atoms with Gasteiger partial charge in [-0.1, -0.05) is 12.1 Å². The van der Waals surface area contributed by atoms with Gasteiger partial charge < -0.3 is 4.90 Å². The molecule has 3 rings (SSSR count). The van der Waals surface area contributed by atoms with Gasteiger partial charge in [0, 0.05) is 50.3 Å². The van der Waals surface area contributed by atoms with Crippen LogP contribution in [-0.2, 0) is 10.0 Å². The number of aromatic nitrogens is 1. The fraction of sp³-hybridized carbons (Fsp3) is 0.267. The standard InChI is InChI=1S/C15H16N4O4S/c20-19(21)14-3-1-2-4-15(14)24(22,23)18-11-9-17(10-12-18)13-5-7-16-8-6-13/h1-8H,9-12H2. The monoisotopic (exact) mass is 348 g/mol. The van der Waals surface area contributed by atoms with Crippen molar-refractivity contribution in [3.05, 3.63) is 58.9 Å². The number of hydrogen-bond acceptors (Lipinski definition) is 6. The smallest absolute Gasteiger partial charge is 0.289 e. The van der Waals surface area contributed by atoms with E-state index in [1.165, 1.54) is 28.6 Å². The van der Waals surface area contributed by atoms with Crippen molar-refractivity contribution in [1.29, 1.82) is 0 Å². The third kappa shape index (κ3) is 3.08. The molecule has 24 heavy (non-hydrogen) atoms. The lowest BCUT2D eigenvalue weighted by Gasteiger charge is -2.35. The summed E-state index contributed by atoms with van der Waals surface area (Å²) in [6.07, 6.45) is 3.37. The summed E-state index contributed by atoms with van der Waals surface area (Å²) < 4.78 is 26.8. The lowest BCUT2D eigenvalue weighted by Crippen LogP contribution is -2.48. The normalized spacial score (nSPS) is 16.1. The van der Waals surface area contributed by atoms with Crippen molar-refractivity contribution in [1.82, 2.24) is 9.29 Å². The first-order chi connectivity index (χ1) is 11.5. The molecule has 1 aliphatic rings. The van der Waals surface area contributed by atoms with Crippen molar-refractivity contribution in [2.75, 3.05) is 31.1 Å². The van der Waals surface area contributed by atoms with Crippen LogP contribution in [0.5, 0.6) is 0 Å². The maximum atomic E-state index is 12.7. The molecule has 1 aromatic carbocycles. The molecule has 0 atom stereocenters. The minimum atomic E-state index is -3.89. The Morgan fingerprint density at radius 1 is 1.00 bits per heavy atom. The number of nitro benzene ring substituents is 1. The fourth-order valence-electron chi connectivity index (χ4n) is 2.71. The Kier molecular flexibility index (Phi) is 4.45. The summed E-state index contributed by atoms with van der Waals surface area (Å²) in [5.74, 6) is 0. The molecule has 1 saturated heterocycles. The molecule has 0 bridgehead atoms. The van der Waals surface area contributed by atoms with Gasteiger partial charge in [-0.2, -0.15) is 4.31 Å². The van der Waals surface area contributed by atoms with E-state index in [2.05, 4.69) is 9.88 Å². The van der Waals surface area contributed by atoms with E-state index >= 15 is 0 Å². The van der Waals surface area contributed by atoms with Gasteiger partial charge in [0.05, 0.1) is 4.92 Å². The van der Waals surface area contributed by atoms with E-state index in [0.29, 0.717) is 13.1 Å². The molecule has 0 N–H and O–H groups in total. The highest BCUT2D eigenvalue weighted by Crippen LogP contribution is 2.27. The first-order valence-corrected chi connectivity index (χ1v) is 8.83. The zero-order valence-corrected chi connectivity index (χ0v) is 13.6. The van der Waals surface area contributed by atoms with Gasteiger partial charge in [0.25, 0.3) is 5.69 Å². The van der Waals surface area contributed by atoms with Crippen molar-refractivity contribution in [2.24, 2.45) is 0 Å². The number of rotatable bonds is 4. The van der Waals surface area contributed by atoms with Crippen LogP contribution < -0.4 is 4.90 Å². The van der Waals surface area contributed by atoms with Gasteiger partial charge in [0.15, 0.2) is 4.90 Å². The summed E-state index contributed by atoms with van der Waals surface area (Å²) in [4.78, 5) is 16.2. The van der Waals surface area contributed by atoms with Crippen LogP contribution in [0.1, 0.15) is 0 Å². The summed E-state index contributed by atoms with van der Waals surface area (Å²) in [6.45, 7) is 1.58. The molecule has 126 valence electrons. The molecule has 2 aromatic rings. The summed E-state index contributed by atoms with van der Waals surface area (Å²) in [5.41, 5.74) is 0.585. The molecule has 0 saturated carbocycles. The molecule has 0 unspecified atom stereocenters. The first-order valence-electron chi connectivity index (χ1n) is 7.39. The van der Waals surface area contributed by atoms with E-state index in [4.69, 9.17) is 0 Å². The van der Waals surface area contributed by atoms with E-state index in [1.807, 2.05) is 12.1 Å². The number of pyridine rings is 1. The molecule has 0 aliphatic carbocycles.